The van der Waals surface area contributed by atoms with Crippen LogP contribution in [0.5, 0.6) is 0 Å². The average Bonchev–Trinajstić information content (AvgIpc) is 3.20. The van der Waals surface area contributed by atoms with Gasteiger partial charge in [0.15, 0.2) is 0 Å². The number of carboxylic acid groups (broad SMARTS) is 1. The molecule has 0 aliphatic carbocycles. The van der Waals surface area contributed by atoms with Crippen molar-refractivity contribution in [3.8, 4) is 5.69 Å². The van der Waals surface area contributed by atoms with Gasteiger partial charge in [-0.2, -0.15) is 5.10 Å². The summed E-state index contributed by atoms with van der Waals surface area (Å²) >= 11 is 6.22. The molecule has 0 amide bonds. The molecule has 6 nitrogen and oxygen atoms in total. The minimum absolute atomic E-state index is 0.150. The molecule has 2 aliphatic rings. The number of para-hydroxylation sites is 1. The number of hydrogen-bond donors (Lipinski definition) is 1. The van der Waals surface area contributed by atoms with E-state index in [9.17, 15) is 9.90 Å². The first-order chi connectivity index (χ1) is 12.1. The number of rotatable bonds is 4. The number of aromatic nitrogens is 2. The highest BCUT2D eigenvalue weighted by molar-refractivity contribution is 6.32. The summed E-state index contributed by atoms with van der Waals surface area (Å²) in [5.41, 5.74) is 1.11. The molecule has 2 aromatic rings. The van der Waals surface area contributed by atoms with Crippen LogP contribution in [0.2, 0.25) is 5.02 Å². The monoisotopic (exact) mass is 361 g/mol. The fourth-order valence-electron chi connectivity index (χ4n) is 3.98. The molecule has 7 heteroatoms. The lowest BCUT2D eigenvalue weighted by Gasteiger charge is -2.34. The lowest BCUT2D eigenvalue weighted by atomic mass is 9.76. The molecule has 0 saturated carbocycles. The Balaban J connectivity index is 1.50. The summed E-state index contributed by atoms with van der Waals surface area (Å²) < 4.78 is 7.24. The third kappa shape index (κ3) is 2.94. The number of carbonyl (C=O) groups is 1. The van der Waals surface area contributed by atoms with Crippen LogP contribution in [0.15, 0.2) is 36.7 Å². The Morgan fingerprint density at radius 2 is 2.28 bits per heavy atom. The van der Waals surface area contributed by atoms with Gasteiger partial charge in [0.2, 0.25) is 0 Å². The number of fused-ring (bicyclic) bond motifs is 1. The Morgan fingerprint density at radius 3 is 3.04 bits per heavy atom. The number of ether oxygens (including phenoxy) is 1. The minimum atomic E-state index is -0.767. The van der Waals surface area contributed by atoms with Crippen LogP contribution in [-0.2, 0) is 16.1 Å². The average molecular weight is 362 g/mol. The molecular weight excluding hydrogens is 342 g/mol. The zero-order valence-electron chi connectivity index (χ0n) is 13.8. The molecule has 0 spiro atoms. The molecule has 0 unspecified atom stereocenters. The van der Waals surface area contributed by atoms with Gasteiger partial charge in [0, 0.05) is 38.0 Å². The van der Waals surface area contributed by atoms with Crippen LogP contribution in [0.1, 0.15) is 12.0 Å². The fourth-order valence-corrected chi connectivity index (χ4v) is 4.21. The van der Waals surface area contributed by atoms with Gasteiger partial charge >= 0.3 is 5.97 Å². The van der Waals surface area contributed by atoms with Crippen molar-refractivity contribution in [1.29, 1.82) is 0 Å². The molecule has 1 N–H and O–H groups in total. The number of aliphatic carboxylic acids is 1. The zero-order valence-corrected chi connectivity index (χ0v) is 14.5. The van der Waals surface area contributed by atoms with E-state index in [-0.39, 0.29) is 5.92 Å². The van der Waals surface area contributed by atoms with Crippen molar-refractivity contribution in [2.45, 2.75) is 13.0 Å². The second-order valence-electron chi connectivity index (χ2n) is 6.91. The Morgan fingerprint density at radius 1 is 1.44 bits per heavy atom. The molecule has 3 heterocycles. The summed E-state index contributed by atoms with van der Waals surface area (Å²) in [6.45, 7) is 2.94. The lowest BCUT2D eigenvalue weighted by molar-refractivity contribution is -0.159. The first kappa shape index (κ1) is 16.6. The van der Waals surface area contributed by atoms with Crippen molar-refractivity contribution < 1.29 is 14.6 Å². The van der Waals surface area contributed by atoms with E-state index in [0.29, 0.717) is 31.3 Å². The van der Waals surface area contributed by atoms with Crippen molar-refractivity contribution in [2.24, 2.45) is 11.3 Å². The highest BCUT2D eigenvalue weighted by Gasteiger charge is 2.53. The first-order valence-corrected chi connectivity index (χ1v) is 8.78. The number of hydrogen-bond acceptors (Lipinski definition) is 4. The summed E-state index contributed by atoms with van der Waals surface area (Å²) in [5, 5.41) is 14.8. The van der Waals surface area contributed by atoms with Gasteiger partial charge in [0.05, 0.1) is 23.5 Å². The molecule has 2 saturated heterocycles. The van der Waals surface area contributed by atoms with Crippen molar-refractivity contribution in [1.82, 2.24) is 14.7 Å². The van der Waals surface area contributed by atoms with E-state index in [2.05, 4.69) is 10.00 Å². The van der Waals surface area contributed by atoms with Crippen molar-refractivity contribution in [3.05, 3.63) is 47.2 Å². The smallest absolute Gasteiger partial charge is 0.313 e. The van der Waals surface area contributed by atoms with Crippen LogP contribution in [0.3, 0.4) is 0 Å². The van der Waals surface area contributed by atoms with Crippen LogP contribution < -0.4 is 0 Å². The van der Waals surface area contributed by atoms with Gasteiger partial charge in [-0.3, -0.25) is 9.69 Å². The standard InChI is InChI=1S/C18H20ClN3O3/c19-15-3-1-2-4-16(15)22-9-13(7-20-22)8-21-10-14-5-6-25-12-18(14,11-21)17(23)24/h1-4,7,9,14H,5-6,8,10-12H2,(H,23,24)/t14-,18+/m0/s1. The third-order valence-electron chi connectivity index (χ3n) is 5.30. The number of halogens is 1. The predicted octanol–water partition coefficient (Wildman–Crippen LogP) is 2.45. The van der Waals surface area contributed by atoms with E-state index in [1.807, 2.05) is 36.7 Å². The van der Waals surface area contributed by atoms with E-state index in [0.717, 1.165) is 24.2 Å². The molecule has 1 aromatic heterocycles. The number of carboxylic acids is 1. The van der Waals surface area contributed by atoms with Gasteiger partial charge in [-0.15, -0.1) is 0 Å². The summed E-state index contributed by atoms with van der Waals surface area (Å²) in [4.78, 5) is 14.0. The normalized spacial score (nSPS) is 26.5. The van der Waals surface area contributed by atoms with E-state index >= 15 is 0 Å². The molecule has 1 aromatic carbocycles. The second-order valence-corrected chi connectivity index (χ2v) is 7.32. The van der Waals surface area contributed by atoms with Gasteiger partial charge in [-0.25, -0.2) is 4.68 Å². The maximum atomic E-state index is 11.8. The number of benzene rings is 1. The molecule has 2 aliphatic heterocycles. The maximum absolute atomic E-state index is 11.8. The summed E-state index contributed by atoms with van der Waals surface area (Å²) in [6, 6.07) is 7.56. The van der Waals surface area contributed by atoms with Crippen molar-refractivity contribution >= 4 is 17.6 Å². The highest BCUT2D eigenvalue weighted by Crippen LogP contribution is 2.42. The Bertz CT molecular complexity index is 793. The van der Waals surface area contributed by atoms with Crippen molar-refractivity contribution in [3.63, 3.8) is 0 Å². The van der Waals surface area contributed by atoms with E-state index in [1.165, 1.54) is 0 Å². The second kappa shape index (κ2) is 6.44. The van der Waals surface area contributed by atoms with Crippen LogP contribution in [-0.4, -0.2) is 52.1 Å². The number of likely N-dealkylation sites (tertiary alicyclic amines) is 1. The Labute approximate surface area is 151 Å². The van der Waals surface area contributed by atoms with Crippen LogP contribution >= 0.6 is 11.6 Å². The van der Waals surface area contributed by atoms with E-state index < -0.39 is 11.4 Å². The van der Waals surface area contributed by atoms with Crippen molar-refractivity contribution in [2.75, 3.05) is 26.3 Å². The van der Waals surface area contributed by atoms with Crippen LogP contribution in [0.25, 0.3) is 5.69 Å². The molecule has 2 atom stereocenters. The fraction of sp³-hybridized carbons (Fsp3) is 0.444. The predicted molar refractivity (Wildman–Crippen MR) is 92.8 cm³/mol. The third-order valence-corrected chi connectivity index (χ3v) is 5.62. The molecular formula is C18H20ClN3O3. The Kier molecular flexibility index (Phi) is 4.27. The molecule has 132 valence electrons. The quantitative estimate of drug-likeness (QED) is 0.906. The molecule has 0 radical (unpaired) electrons. The highest BCUT2D eigenvalue weighted by atomic mass is 35.5. The first-order valence-electron chi connectivity index (χ1n) is 8.40. The number of nitrogens with zero attached hydrogens (tertiary/aromatic N) is 3. The molecule has 4 rings (SSSR count). The van der Waals surface area contributed by atoms with Gasteiger partial charge in [0.25, 0.3) is 0 Å². The topological polar surface area (TPSA) is 67.6 Å². The van der Waals surface area contributed by atoms with Gasteiger partial charge in [0.1, 0.15) is 5.41 Å². The molecule has 0 bridgehead atoms. The van der Waals surface area contributed by atoms with Gasteiger partial charge in [-0.1, -0.05) is 23.7 Å². The van der Waals surface area contributed by atoms with Crippen LogP contribution in [0, 0.1) is 11.3 Å². The minimum Gasteiger partial charge on any atom is -0.481 e. The Hall–Kier alpha value is -1.89. The van der Waals surface area contributed by atoms with E-state index in [4.69, 9.17) is 16.3 Å². The zero-order chi connectivity index (χ0) is 17.4. The summed E-state index contributed by atoms with van der Waals surface area (Å²) in [5.74, 6) is -0.594. The molecule has 2 fully saturated rings. The van der Waals surface area contributed by atoms with Gasteiger partial charge < -0.3 is 9.84 Å². The summed E-state index contributed by atoms with van der Waals surface area (Å²) in [6.07, 6.45) is 4.57. The van der Waals surface area contributed by atoms with E-state index in [1.54, 1.807) is 4.68 Å². The maximum Gasteiger partial charge on any atom is 0.313 e. The molecule has 25 heavy (non-hydrogen) atoms. The largest absolute Gasteiger partial charge is 0.481 e. The summed E-state index contributed by atoms with van der Waals surface area (Å²) in [7, 11) is 0. The van der Waals surface area contributed by atoms with Gasteiger partial charge in [-0.05, 0) is 24.5 Å². The lowest BCUT2D eigenvalue weighted by Crippen LogP contribution is -2.46. The SMILES string of the molecule is O=C(O)[C@]12COCC[C@H]1CN(Cc1cnn(-c3ccccc3Cl)c1)C2. The van der Waals surface area contributed by atoms with Crippen LogP contribution in [0.4, 0.5) is 0 Å².